The smallest absolute Gasteiger partial charge is 0.191 e. The minimum atomic E-state index is -1.66. The Morgan fingerprint density at radius 1 is 1.23 bits per heavy atom. The summed E-state index contributed by atoms with van der Waals surface area (Å²) in [5.74, 6) is 0.337. The standard InChI is InChI=1S/C24H27N5O2/c1-5-29-9-8-17-18(11-25)23(28)24(13-26,14-27)22(19(17)12-29)16-6-7-20(31-15(2)3)21(10-16)30-4/h6-8,10,15,19,22H,5,9,12,28H2,1-4H3. The van der Waals surface area contributed by atoms with Crippen molar-refractivity contribution in [2.75, 3.05) is 26.7 Å². The van der Waals surface area contributed by atoms with Crippen molar-refractivity contribution in [3.63, 3.8) is 0 Å². The number of ether oxygens (including phenoxy) is 2. The van der Waals surface area contributed by atoms with Gasteiger partial charge in [0.1, 0.15) is 6.07 Å². The zero-order chi connectivity index (χ0) is 22.8. The molecular formula is C24H27N5O2. The van der Waals surface area contributed by atoms with E-state index in [-0.39, 0.29) is 23.3 Å². The van der Waals surface area contributed by atoms with Crippen molar-refractivity contribution in [3.8, 4) is 29.7 Å². The monoisotopic (exact) mass is 417 g/mol. The van der Waals surface area contributed by atoms with Crippen molar-refractivity contribution in [1.29, 1.82) is 15.8 Å². The van der Waals surface area contributed by atoms with Gasteiger partial charge in [0.25, 0.3) is 0 Å². The zero-order valence-corrected chi connectivity index (χ0v) is 18.3. The molecule has 0 saturated carbocycles. The van der Waals surface area contributed by atoms with Gasteiger partial charge in [-0.2, -0.15) is 15.8 Å². The van der Waals surface area contributed by atoms with Crippen molar-refractivity contribution >= 4 is 0 Å². The molecule has 7 heteroatoms. The molecule has 0 fully saturated rings. The quantitative estimate of drug-likeness (QED) is 0.781. The van der Waals surface area contributed by atoms with Gasteiger partial charge >= 0.3 is 0 Å². The van der Waals surface area contributed by atoms with E-state index in [4.69, 9.17) is 15.2 Å². The highest BCUT2D eigenvalue weighted by atomic mass is 16.5. The Bertz CT molecular complexity index is 1040. The average molecular weight is 418 g/mol. The minimum Gasteiger partial charge on any atom is -0.493 e. The van der Waals surface area contributed by atoms with Crippen LogP contribution in [0.4, 0.5) is 0 Å². The van der Waals surface area contributed by atoms with Crippen molar-refractivity contribution in [1.82, 2.24) is 4.90 Å². The number of fused-ring (bicyclic) bond motifs is 1. The Kier molecular flexibility index (Phi) is 6.25. The molecular weight excluding hydrogens is 390 g/mol. The Morgan fingerprint density at radius 3 is 2.48 bits per heavy atom. The number of nitrogens with zero attached hydrogens (tertiary/aromatic N) is 4. The molecule has 2 aliphatic rings. The van der Waals surface area contributed by atoms with E-state index in [1.54, 1.807) is 13.2 Å². The second-order valence-corrected chi connectivity index (χ2v) is 8.10. The molecule has 160 valence electrons. The van der Waals surface area contributed by atoms with E-state index in [0.29, 0.717) is 24.6 Å². The van der Waals surface area contributed by atoms with Gasteiger partial charge < -0.3 is 15.2 Å². The molecule has 0 saturated heterocycles. The maximum Gasteiger partial charge on any atom is 0.191 e. The van der Waals surface area contributed by atoms with E-state index >= 15 is 0 Å². The molecule has 2 unspecified atom stereocenters. The summed E-state index contributed by atoms with van der Waals surface area (Å²) in [6.45, 7) is 8.07. The second-order valence-electron chi connectivity index (χ2n) is 8.10. The first-order chi connectivity index (χ1) is 14.9. The Morgan fingerprint density at radius 2 is 1.94 bits per heavy atom. The molecule has 1 aliphatic carbocycles. The van der Waals surface area contributed by atoms with Crippen LogP contribution in [0.1, 0.15) is 32.3 Å². The van der Waals surface area contributed by atoms with Crippen LogP contribution in [0.15, 0.2) is 41.1 Å². The van der Waals surface area contributed by atoms with Gasteiger partial charge in [0.15, 0.2) is 16.9 Å². The lowest BCUT2D eigenvalue weighted by Crippen LogP contribution is -2.48. The number of nitriles is 3. The molecule has 0 bridgehead atoms. The molecule has 1 aliphatic heterocycles. The fourth-order valence-electron chi connectivity index (χ4n) is 4.60. The molecule has 0 aromatic heterocycles. The summed E-state index contributed by atoms with van der Waals surface area (Å²) < 4.78 is 11.4. The first kappa shape index (κ1) is 22.2. The molecule has 1 aromatic rings. The van der Waals surface area contributed by atoms with Gasteiger partial charge in [0.05, 0.1) is 36.6 Å². The Labute approximate surface area is 183 Å². The van der Waals surface area contributed by atoms with Crippen molar-refractivity contribution in [2.45, 2.75) is 32.8 Å². The highest BCUT2D eigenvalue weighted by Gasteiger charge is 2.54. The van der Waals surface area contributed by atoms with Crippen LogP contribution in [0.2, 0.25) is 0 Å². The van der Waals surface area contributed by atoms with E-state index in [0.717, 1.165) is 17.7 Å². The lowest BCUT2D eigenvalue weighted by Gasteiger charge is -2.45. The maximum absolute atomic E-state index is 10.2. The van der Waals surface area contributed by atoms with Gasteiger partial charge in [-0.25, -0.2) is 0 Å². The topological polar surface area (TPSA) is 119 Å². The third-order valence-electron chi connectivity index (χ3n) is 6.10. The van der Waals surface area contributed by atoms with Crippen LogP contribution in [0.5, 0.6) is 11.5 Å². The summed E-state index contributed by atoms with van der Waals surface area (Å²) in [4.78, 5) is 2.23. The Hall–Kier alpha value is -3.47. The normalized spacial score (nSPS) is 22.6. The number of nitrogens with two attached hydrogens (primary N) is 1. The van der Waals surface area contributed by atoms with Gasteiger partial charge in [-0.05, 0) is 43.7 Å². The summed E-state index contributed by atoms with van der Waals surface area (Å²) >= 11 is 0. The predicted octanol–water partition coefficient (Wildman–Crippen LogP) is 3.23. The second kappa shape index (κ2) is 8.72. The maximum atomic E-state index is 10.2. The van der Waals surface area contributed by atoms with Crippen LogP contribution < -0.4 is 15.2 Å². The number of benzene rings is 1. The molecule has 2 atom stereocenters. The molecule has 1 heterocycles. The summed E-state index contributed by atoms with van der Waals surface area (Å²) in [6, 6.07) is 12.0. The predicted molar refractivity (Wildman–Crippen MR) is 116 cm³/mol. The van der Waals surface area contributed by atoms with Crippen LogP contribution in [0.25, 0.3) is 0 Å². The highest BCUT2D eigenvalue weighted by molar-refractivity contribution is 5.60. The first-order valence-electron chi connectivity index (χ1n) is 10.4. The van der Waals surface area contributed by atoms with Gasteiger partial charge in [-0.15, -0.1) is 0 Å². The number of methoxy groups -OCH3 is 1. The molecule has 0 radical (unpaired) electrons. The minimum absolute atomic E-state index is 0.0268. The lowest BCUT2D eigenvalue weighted by molar-refractivity contribution is 0.213. The van der Waals surface area contributed by atoms with Crippen molar-refractivity contribution < 1.29 is 9.47 Å². The SMILES string of the molecule is CCN1CC=C2C(C#N)=C(N)C(C#N)(C#N)C(c3ccc(OC(C)C)c(OC)c3)C2C1. The van der Waals surface area contributed by atoms with Crippen LogP contribution >= 0.6 is 0 Å². The van der Waals surface area contributed by atoms with E-state index in [1.807, 2.05) is 32.1 Å². The van der Waals surface area contributed by atoms with E-state index in [1.165, 1.54) is 0 Å². The van der Waals surface area contributed by atoms with Gasteiger partial charge in [0, 0.05) is 24.9 Å². The third kappa shape index (κ3) is 3.61. The van der Waals surface area contributed by atoms with Gasteiger partial charge in [-0.3, -0.25) is 4.90 Å². The summed E-state index contributed by atoms with van der Waals surface area (Å²) in [5.41, 5.74) is 6.56. The van der Waals surface area contributed by atoms with E-state index < -0.39 is 11.3 Å². The summed E-state index contributed by atoms with van der Waals surface area (Å²) in [5, 5.41) is 30.2. The molecule has 2 N–H and O–H groups in total. The van der Waals surface area contributed by atoms with Crippen molar-refractivity contribution in [2.24, 2.45) is 17.1 Å². The molecule has 3 rings (SSSR count). The summed E-state index contributed by atoms with van der Waals surface area (Å²) in [6.07, 6.45) is 1.97. The number of hydrogen-bond donors (Lipinski definition) is 1. The molecule has 31 heavy (non-hydrogen) atoms. The Balaban J connectivity index is 2.26. The zero-order valence-electron chi connectivity index (χ0n) is 18.3. The van der Waals surface area contributed by atoms with Crippen molar-refractivity contribution in [3.05, 3.63) is 46.7 Å². The van der Waals surface area contributed by atoms with Crippen LogP contribution in [-0.4, -0.2) is 37.7 Å². The molecule has 0 spiro atoms. The largest absolute Gasteiger partial charge is 0.493 e. The van der Waals surface area contributed by atoms with Crippen LogP contribution in [0, 0.1) is 45.3 Å². The van der Waals surface area contributed by atoms with Crippen LogP contribution in [-0.2, 0) is 0 Å². The molecule has 7 nitrogen and oxygen atoms in total. The van der Waals surface area contributed by atoms with Gasteiger partial charge in [0.2, 0.25) is 0 Å². The number of hydrogen-bond acceptors (Lipinski definition) is 7. The fourth-order valence-corrected chi connectivity index (χ4v) is 4.60. The third-order valence-corrected chi connectivity index (χ3v) is 6.10. The number of likely N-dealkylation sites (N-methyl/N-ethyl adjacent to an activating group) is 1. The van der Waals surface area contributed by atoms with E-state index in [9.17, 15) is 15.8 Å². The summed E-state index contributed by atoms with van der Waals surface area (Å²) in [7, 11) is 1.56. The lowest BCUT2D eigenvalue weighted by atomic mass is 9.58. The highest BCUT2D eigenvalue weighted by Crippen LogP contribution is 2.54. The number of rotatable bonds is 5. The molecule has 0 amide bonds. The van der Waals surface area contributed by atoms with Crippen LogP contribution in [0.3, 0.4) is 0 Å². The first-order valence-corrected chi connectivity index (χ1v) is 10.4. The van der Waals surface area contributed by atoms with Gasteiger partial charge in [-0.1, -0.05) is 19.1 Å². The molecule has 1 aromatic carbocycles. The van der Waals surface area contributed by atoms with E-state index in [2.05, 4.69) is 30.0 Å². The number of allylic oxidation sites excluding steroid dienone is 2. The fraction of sp³-hybridized carbons (Fsp3) is 0.458. The average Bonchev–Trinajstić information content (AvgIpc) is 2.78.